The average molecular weight is 480 g/mol. The van der Waals surface area contributed by atoms with Crippen molar-refractivity contribution in [3.63, 3.8) is 0 Å². The Morgan fingerprint density at radius 3 is 1.83 bits per heavy atom. The quantitative estimate of drug-likeness (QED) is 0.202. The van der Waals surface area contributed by atoms with Gasteiger partial charge in [-0.1, -0.05) is 54.6 Å². The molecule has 4 aromatic rings. The summed E-state index contributed by atoms with van der Waals surface area (Å²) in [7, 11) is 3.06. The van der Waals surface area contributed by atoms with Gasteiger partial charge in [0.05, 0.1) is 31.2 Å². The Morgan fingerprint density at radius 1 is 0.694 bits per heavy atom. The van der Waals surface area contributed by atoms with Crippen LogP contribution in [0.4, 0.5) is 16.2 Å². The predicted molar refractivity (Wildman–Crippen MR) is 140 cm³/mol. The largest absolute Gasteiger partial charge is 0.497 e. The van der Waals surface area contributed by atoms with Crippen LogP contribution in [0, 0.1) is 0 Å². The summed E-state index contributed by atoms with van der Waals surface area (Å²) < 4.78 is 16.1. The molecule has 0 saturated carbocycles. The smallest absolute Gasteiger partial charge is 0.424 e. The van der Waals surface area contributed by atoms with Crippen LogP contribution in [0.25, 0.3) is 6.08 Å². The Bertz CT molecular complexity index is 1310. The van der Waals surface area contributed by atoms with E-state index in [-0.39, 0.29) is 5.78 Å². The molecule has 0 saturated heterocycles. The van der Waals surface area contributed by atoms with Gasteiger partial charge < -0.3 is 14.2 Å². The zero-order chi connectivity index (χ0) is 25.3. The van der Waals surface area contributed by atoms with Gasteiger partial charge in [0, 0.05) is 6.07 Å². The topological polar surface area (TPSA) is 65.1 Å². The van der Waals surface area contributed by atoms with Crippen molar-refractivity contribution in [2.45, 2.75) is 0 Å². The Hall–Kier alpha value is -4.84. The highest BCUT2D eigenvalue weighted by Gasteiger charge is 2.20. The van der Waals surface area contributed by atoms with Crippen LogP contribution in [-0.4, -0.2) is 26.1 Å². The standard InChI is InChI=1S/C30H25NO5/c1-34-26-18-19-27(29(21-26)35-2)28(32)20-15-22-13-16-25(17-14-22)36-30(33)31(23-9-5-3-6-10-23)24-11-7-4-8-12-24/h3-21H,1-2H3/b20-15+. The number of anilines is 2. The minimum atomic E-state index is -0.530. The van der Waals surface area contributed by atoms with E-state index in [0.717, 1.165) is 5.56 Å². The average Bonchev–Trinajstić information content (AvgIpc) is 2.93. The predicted octanol–water partition coefficient (Wildman–Crippen LogP) is 6.94. The summed E-state index contributed by atoms with van der Waals surface area (Å²) in [6, 6.07) is 30.6. The maximum absolute atomic E-state index is 13.1. The maximum Gasteiger partial charge on any atom is 0.424 e. The van der Waals surface area contributed by atoms with E-state index in [4.69, 9.17) is 14.2 Å². The first-order valence-electron chi connectivity index (χ1n) is 11.3. The lowest BCUT2D eigenvalue weighted by atomic mass is 10.1. The molecular formula is C30H25NO5. The summed E-state index contributed by atoms with van der Waals surface area (Å²) in [5.74, 6) is 1.23. The second-order valence-corrected chi connectivity index (χ2v) is 7.71. The number of hydrogen-bond donors (Lipinski definition) is 0. The first-order chi connectivity index (χ1) is 17.6. The first kappa shape index (κ1) is 24.3. The van der Waals surface area contributed by atoms with Gasteiger partial charge in [-0.05, 0) is 60.2 Å². The third-order valence-corrected chi connectivity index (χ3v) is 5.40. The van der Waals surface area contributed by atoms with Gasteiger partial charge in [0.25, 0.3) is 0 Å². The van der Waals surface area contributed by atoms with Crippen molar-refractivity contribution in [1.82, 2.24) is 0 Å². The monoisotopic (exact) mass is 479 g/mol. The molecule has 0 unspecified atom stereocenters. The van der Waals surface area contributed by atoms with Crippen molar-refractivity contribution in [3.05, 3.63) is 120 Å². The molecule has 0 aliphatic carbocycles. The second kappa shape index (κ2) is 11.5. The van der Waals surface area contributed by atoms with E-state index in [0.29, 0.717) is 34.2 Å². The second-order valence-electron chi connectivity index (χ2n) is 7.71. The molecule has 4 aromatic carbocycles. The Balaban J connectivity index is 1.47. The van der Waals surface area contributed by atoms with E-state index in [1.165, 1.54) is 18.1 Å². The number of carbonyl (C=O) groups is 2. The summed E-state index contributed by atoms with van der Waals surface area (Å²) in [6.45, 7) is 0. The van der Waals surface area contributed by atoms with Gasteiger partial charge in [0.15, 0.2) is 5.78 Å². The Kier molecular flexibility index (Phi) is 7.78. The zero-order valence-electron chi connectivity index (χ0n) is 20.0. The molecule has 0 heterocycles. The van der Waals surface area contributed by atoms with E-state index in [9.17, 15) is 9.59 Å². The van der Waals surface area contributed by atoms with Crippen LogP contribution in [-0.2, 0) is 0 Å². The van der Waals surface area contributed by atoms with Crippen LogP contribution in [0.3, 0.4) is 0 Å². The minimum absolute atomic E-state index is 0.202. The van der Waals surface area contributed by atoms with Crippen LogP contribution < -0.4 is 19.1 Å². The molecule has 36 heavy (non-hydrogen) atoms. The summed E-state index contributed by atoms with van der Waals surface area (Å²) in [4.78, 5) is 27.3. The van der Waals surface area contributed by atoms with Crippen molar-refractivity contribution >= 4 is 29.3 Å². The fourth-order valence-corrected chi connectivity index (χ4v) is 3.57. The number of methoxy groups -OCH3 is 2. The number of allylic oxidation sites excluding steroid dienone is 1. The lowest BCUT2D eigenvalue weighted by molar-refractivity contribution is 0.104. The fourth-order valence-electron chi connectivity index (χ4n) is 3.57. The molecule has 180 valence electrons. The number of hydrogen-bond acceptors (Lipinski definition) is 5. The minimum Gasteiger partial charge on any atom is -0.497 e. The number of carbonyl (C=O) groups excluding carboxylic acids is 2. The molecule has 0 bridgehead atoms. The zero-order valence-corrected chi connectivity index (χ0v) is 20.0. The van der Waals surface area contributed by atoms with E-state index in [2.05, 4.69) is 0 Å². The van der Waals surface area contributed by atoms with Gasteiger partial charge >= 0.3 is 6.09 Å². The van der Waals surface area contributed by atoms with Crippen molar-refractivity contribution < 1.29 is 23.8 Å². The maximum atomic E-state index is 13.1. The number of nitrogens with zero attached hydrogens (tertiary/aromatic N) is 1. The van der Waals surface area contributed by atoms with Crippen LogP contribution >= 0.6 is 0 Å². The summed E-state index contributed by atoms with van der Waals surface area (Å²) in [5.41, 5.74) is 2.60. The van der Waals surface area contributed by atoms with Crippen molar-refractivity contribution in [3.8, 4) is 17.2 Å². The lowest BCUT2D eigenvalue weighted by Gasteiger charge is -2.22. The van der Waals surface area contributed by atoms with Crippen molar-refractivity contribution in [2.24, 2.45) is 0 Å². The summed E-state index contributed by atoms with van der Waals surface area (Å²) >= 11 is 0. The van der Waals surface area contributed by atoms with Crippen molar-refractivity contribution in [1.29, 1.82) is 0 Å². The van der Waals surface area contributed by atoms with Crippen LogP contribution in [0.1, 0.15) is 15.9 Å². The van der Waals surface area contributed by atoms with Gasteiger partial charge in [0.1, 0.15) is 17.2 Å². The molecule has 0 fully saturated rings. The summed E-state index contributed by atoms with van der Waals surface area (Å²) in [6.07, 6.45) is 2.63. The third kappa shape index (κ3) is 5.80. The molecule has 1 amide bonds. The molecule has 6 heteroatoms. The number of benzene rings is 4. The molecule has 0 N–H and O–H groups in total. The molecule has 0 aliphatic heterocycles. The number of ketones is 1. The van der Waals surface area contributed by atoms with Gasteiger partial charge in [-0.2, -0.15) is 0 Å². The highest BCUT2D eigenvalue weighted by Crippen LogP contribution is 2.27. The van der Waals surface area contributed by atoms with E-state index >= 15 is 0 Å². The van der Waals surface area contributed by atoms with Gasteiger partial charge in [0.2, 0.25) is 0 Å². The number of amides is 1. The summed E-state index contributed by atoms with van der Waals surface area (Å²) in [5, 5.41) is 0. The molecule has 0 radical (unpaired) electrons. The van der Waals surface area contributed by atoms with Gasteiger partial charge in [-0.3, -0.25) is 4.79 Å². The molecule has 0 atom stereocenters. The number of para-hydroxylation sites is 2. The molecule has 0 aromatic heterocycles. The van der Waals surface area contributed by atoms with Crippen molar-refractivity contribution in [2.75, 3.05) is 19.1 Å². The van der Waals surface area contributed by atoms with Gasteiger partial charge in [-0.25, -0.2) is 9.69 Å². The molecule has 4 rings (SSSR count). The van der Waals surface area contributed by atoms with Gasteiger partial charge in [-0.15, -0.1) is 0 Å². The SMILES string of the molecule is COc1ccc(C(=O)/C=C/c2ccc(OC(=O)N(c3ccccc3)c3ccccc3)cc2)c(OC)c1. The van der Waals surface area contributed by atoms with E-state index in [1.807, 2.05) is 60.7 Å². The molecule has 0 spiro atoms. The fraction of sp³-hybridized carbons (Fsp3) is 0.0667. The van der Waals surface area contributed by atoms with Crippen LogP contribution in [0.2, 0.25) is 0 Å². The molecular weight excluding hydrogens is 454 g/mol. The first-order valence-corrected chi connectivity index (χ1v) is 11.3. The third-order valence-electron chi connectivity index (χ3n) is 5.40. The molecule has 6 nitrogen and oxygen atoms in total. The normalized spacial score (nSPS) is 10.6. The highest BCUT2D eigenvalue weighted by atomic mass is 16.6. The van der Waals surface area contributed by atoms with Crippen LogP contribution in [0.15, 0.2) is 109 Å². The van der Waals surface area contributed by atoms with Crippen LogP contribution in [0.5, 0.6) is 17.2 Å². The Morgan fingerprint density at radius 2 is 1.28 bits per heavy atom. The Labute approximate surface area is 210 Å². The lowest BCUT2D eigenvalue weighted by Crippen LogP contribution is -2.29. The number of rotatable bonds is 8. The van der Waals surface area contributed by atoms with E-state index in [1.54, 1.807) is 55.7 Å². The number of ether oxygens (including phenoxy) is 3. The van der Waals surface area contributed by atoms with E-state index < -0.39 is 6.09 Å². The molecule has 0 aliphatic rings. The highest BCUT2D eigenvalue weighted by molar-refractivity contribution is 6.08.